The monoisotopic (exact) mass is 365 g/mol. The molecule has 2 rings (SSSR count). The van der Waals surface area contributed by atoms with E-state index in [0.717, 1.165) is 5.56 Å². The summed E-state index contributed by atoms with van der Waals surface area (Å²) >= 11 is 3.16. The second-order valence-corrected chi connectivity index (χ2v) is 5.52. The molecule has 0 aromatic heterocycles. The Morgan fingerprint density at radius 2 is 1.77 bits per heavy atom. The van der Waals surface area contributed by atoms with E-state index >= 15 is 0 Å². The highest BCUT2D eigenvalue weighted by Gasteiger charge is 2.18. The minimum atomic E-state index is -0.854. The van der Waals surface area contributed by atoms with Crippen LogP contribution < -0.4 is 0 Å². The average molecular weight is 366 g/mol. The van der Waals surface area contributed by atoms with E-state index in [0.29, 0.717) is 12.1 Å². The minimum absolute atomic E-state index is 0.106. The summed E-state index contributed by atoms with van der Waals surface area (Å²) in [6.45, 7) is 0.578. The van der Waals surface area contributed by atoms with Gasteiger partial charge in [-0.3, -0.25) is 4.79 Å². The number of hydrogen-bond acceptors (Lipinski definition) is 2. The largest absolute Gasteiger partial charge is 0.387 e. The minimum Gasteiger partial charge on any atom is -0.387 e. The zero-order valence-corrected chi connectivity index (χ0v) is 13.5. The number of aliphatic hydroxyl groups excluding tert-OH is 1. The van der Waals surface area contributed by atoms with Crippen molar-refractivity contribution in [2.45, 2.75) is 12.6 Å². The van der Waals surface area contributed by atoms with Crippen molar-refractivity contribution in [3.05, 3.63) is 71.5 Å². The number of benzene rings is 2. The van der Waals surface area contributed by atoms with Crippen molar-refractivity contribution in [2.24, 2.45) is 0 Å². The van der Waals surface area contributed by atoms with Crippen molar-refractivity contribution < 1.29 is 14.3 Å². The molecule has 0 saturated heterocycles. The fourth-order valence-electron chi connectivity index (χ4n) is 2.14. The number of carbonyl (C=O) groups is 1. The molecule has 1 unspecified atom stereocenters. The van der Waals surface area contributed by atoms with Gasteiger partial charge < -0.3 is 10.0 Å². The standard InChI is InChI=1S/C17H17BrFNO2/c18-10-17(22)20(11-13-4-2-1-3-5-13)12-16(21)14-6-8-15(19)9-7-14/h1-9,16,21H,10-12H2. The maximum absolute atomic E-state index is 12.9. The molecule has 1 amide bonds. The number of amides is 1. The molecule has 0 spiro atoms. The van der Waals surface area contributed by atoms with E-state index in [-0.39, 0.29) is 23.6 Å². The van der Waals surface area contributed by atoms with Crippen LogP contribution in [0.5, 0.6) is 0 Å². The summed E-state index contributed by atoms with van der Waals surface area (Å²) < 4.78 is 12.9. The van der Waals surface area contributed by atoms with Crippen molar-refractivity contribution in [3.8, 4) is 0 Å². The zero-order chi connectivity index (χ0) is 15.9. The van der Waals surface area contributed by atoms with Gasteiger partial charge in [0.2, 0.25) is 5.91 Å². The second-order valence-electron chi connectivity index (χ2n) is 4.96. The Morgan fingerprint density at radius 1 is 1.14 bits per heavy atom. The maximum Gasteiger partial charge on any atom is 0.233 e. The fraction of sp³-hybridized carbons (Fsp3) is 0.235. The van der Waals surface area contributed by atoms with E-state index in [1.165, 1.54) is 24.3 Å². The molecule has 2 aromatic rings. The number of rotatable bonds is 6. The lowest BCUT2D eigenvalue weighted by Crippen LogP contribution is -2.35. The summed E-state index contributed by atoms with van der Waals surface area (Å²) in [6.07, 6.45) is -0.854. The Labute approximate surface area is 137 Å². The highest BCUT2D eigenvalue weighted by molar-refractivity contribution is 9.09. The van der Waals surface area contributed by atoms with Gasteiger partial charge in [-0.05, 0) is 23.3 Å². The maximum atomic E-state index is 12.9. The summed E-state index contributed by atoms with van der Waals surface area (Å²) in [5.41, 5.74) is 1.57. The fourth-order valence-corrected chi connectivity index (χ4v) is 2.50. The van der Waals surface area contributed by atoms with Gasteiger partial charge in [-0.25, -0.2) is 4.39 Å². The first kappa shape index (κ1) is 16.6. The topological polar surface area (TPSA) is 40.5 Å². The smallest absolute Gasteiger partial charge is 0.233 e. The summed E-state index contributed by atoms with van der Waals surface area (Å²) in [5, 5.41) is 10.5. The SMILES string of the molecule is O=C(CBr)N(Cc1ccccc1)CC(O)c1ccc(F)cc1. The van der Waals surface area contributed by atoms with E-state index < -0.39 is 6.10 Å². The lowest BCUT2D eigenvalue weighted by molar-refractivity contribution is -0.130. The molecule has 0 saturated carbocycles. The van der Waals surface area contributed by atoms with Gasteiger partial charge in [0.05, 0.1) is 18.0 Å². The molecule has 0 fully saturated rings. The molecule has 0 aliphatic heterocycles. The van der Waals surface area contributed by atoms with Crippen molar-refractivity contribution in [3.63, 3.8) is 0 Å². The van der Waals surface area contributed by atoms with Crippen LogP contribution in [0.3, 0.4) is 0 Å². The molecule has 22 heavy (non-hydrogen) atoms. The number of carbonyl (C=O) groups excluding carboxylic acids is 1. The second kappa shape index (κ2) is 8.06. The molecule has 0 aliphatic rings. The van der Waals surface area contributed by atoms with Crippen LogP contribution in [0.1, 0.15) is 17.2 Å². The molecule has 1 N–H and O–H groups in total. The summed E-state index contributed by atoms with van der Waals surface area (Å²) in [6, 6.07) is 15.2. The Bertz CT molecular complexity index is 604. The Hall–Kier alpha value is -1.72. The van der Waals surface area contributed by atoms with E-state index in [4.69, 9.17) is 0 Å². The summed E-state index contributed by atoms with van der Waals surface area (Å²) in [5.74, 6) is -0.460. The van der Waals surface area contributed by atoms with E-state index in [9.17, 15) is 14.3 Å². The summed E-state index contributed by atoms with van der Waals surface area (Å²) in [4.78, 5) is 13.6. The first-order valence-corrected chi connectivity index (χ1v) is 8.03. The number of halogens is 2. The van der Waals surface area contributed by atoms with Gasteiger partial charge in [0.15, 0.2) is 0 Å². The third kappa shape index (κ3) is 4.64. The van der Waals surface area contributed by atoms with Gasteiger partial charge in [-0.2, -0.15) is 0 Å². The van der Waals surface area contributed by atoms with Crippen LogP contribution in [-0.2, 0) is 11.3 Å². The van der Waals surface area contributed by atoms with Gasteiger partial charge in [-0.15, -0.1) is 0 Å². The van der Waals surface area contributed by atoms with Crippen molar-refractivity contribution >= 4 is 21.8 Å². The summed E-state index contributed by atoms with van der Waals surface area (Å²) in [7, 11) is 0. The quantitative estimate of drug-likeness (QED) is 0.798. The highest BCUT2D eigenvalue weighted by atomic mass is 79.9. The van der Waals surface area contributed by atoms with Crippen LogP contribution in [0.2, 0.25) is 0 Å². The van der Waals surface area contributed by atoms with Gasteiger partial charge in [0, 0.05) is 6.54 Å². The molecule has 2 aromatic carbocycles. The van der Waals surface area contributed by atoms with E-state index in [2.05, 4.69) is 15.9 Å². The van der Waals surface area contributed by atoms with Crippen LogP contribution in [-0.4, -0.2) is 27.8 Å². The normalized spacial score (nSPS) is 12.0. The van der Waals surface area contributed by atoms with Crippen LogP contribution >= 0.6 is 15.9 Å². The zero-order valence-electron chi connectivity index (χ0n) is 12.0. The predicted molar refractivity (Wildman–Crippen MR) is 87.0 cm³/mol. The van der Waals surface area contributed by atoms with Crippen LogP contribution in [0.25, 0.3) is 0 Å². The van der Waals surface area contributed by atoms with Crippen LogP contribution in [0, 0.1) is 5.82 Å². The molecule has 0 radical (unpaired) electrons. The molecule has 5 heteroatoms. The van der Waals surface area contributed by atoms with Crippen LogP contribution in [0.4, 0.5) is 4.39 Å². The third-order valence-corrected chi connectivity index (χ3v) is 3.81. The van der Waals surface area contributed by atoms with Gasteiger partial charge in [0.25, 0.3) is 0 Å². The molecule has 0 heterocycles. The molecule has 116 valence electrons. The number of alkyl halides is 1. The van der Waals surface area contributed by atoms with E-state index in [1.807, 2.05) is 30.3 Å². The Kier molecular flexibility index (Phi) is 6.10. The molecule has 0 bridgehead atoms. The predicted octanol–water partition coefficient (Wildman–Crippen LogP) is 3.28. The lowest BCUT2D eigenvalue weighted by Gasteiger charge is -2.25. The van der Waals surface area contributed by atoms with Crippen molar-refractivity contribution in [2.75, 3.05) is 11.9 Å². The van der Waals surface area contributed by atoms with Gasteiger partial charge in [-0.1, -0.05) is 58.4 Å². The third-order valence-electron chi connectivity index (χ3n) is 3.33. The molecular formula is C17H17BrFNO2. The Balaban J connectivity index is 2.09. The molecule has 1 atom stereocenters. The number of aliphatic hydroxyl groups is 1. The van der Waals surface area contributed by atoms with E-state index in [1.54, 1.807) is 4.90 Å². The highest BCUT2D eigenvalue weighted by Crippen LogP contribution is 2.17. The molecule has 0 aliphatic carbocycles. The first-order valence-electron chi connectivity index (χ1n) is 6.91. The molecular weight excluding hydrogens is 349 g/mol. The van der Waals surface area contributed by atoms with Gasteiger partial charge in [0.1, 0.15) is 5.82 Å². The first-order chi connectivity index (χ1) is 10.6. The number of nitrogens with zero attached hydrogens (tertiary/aromatic N) is 1. The van der Waals surface area contributed by atoms with Gasteiger partial charge >= 0.3 is 0 Å². The van der Waals surface area contributed by atoms with Crippen LogP contribution in [0.15, 0.2) is 54.6 Å². The molecule has 3 nitrogen and oxygen atoms in total. The Morgan fingerprint density at radius 3 is 2.36 bits per heavy atom. The number of hydrogen-bond donors (Lipinski definition) is 1. The lowest BCUT2D eigenvalue weighted by atomic mass is 10.1. The average Bonchev–Trinajstić information content (AvgIpc) is 2.55. The van der Waals surface area contributed by atoms with Crippen molar-refractivity contribution in [1.29, 1.82) is 0 Å². The van der Waals surface area contributed by atoms with Crippen molar-refractivity contribution in [1.82, 2.24) is 4.90 Å².